The zero-order valence-corrected chi connectivity index (χ0v) is 8.01. The van der Waals surface area contributed by atoms with Gasteiger partial charge in [0.05, 0.1) is 5.56 Å². The van der Waals surface area contributed by atoms with Crippen molar-refractivity contribution in [3.63, 3.8) is 0 Å². The average molecular weight is 173 g/mol. The summed E-state index contributed by atoms with van der Waals surface area (Å²) in [4.78, 5) is 11.1. The minimum atomic E-state index is -0.0559. The van der Waals surface area contributed by atoms with Crippen LogP contribution in [0, 0.1) is 25.2 Å². The van der Waals surface area contributed by atoms with Crippen molar-refractivity contribution >= 4 is 5.78 Å². The Kier molecular flexibility index (Phi) is 2.48. The van der Waals surface area contributed by atoms with Gasteiger partial charge in [-0.05, 0) is 38.0 Å². The topological polar surface area (TPSA) is 40.9 Å². The van der Waals surface area contributed by atoms with Gasteiger partial charge >= 0.3 is 0 Å². The van der Waals surface area contributed by atoms with Gasteiger partial charge in [-0.2, -0.15) is 5.26 Å². The third-order valence-electron chi connectivity index (χ3n) is 2.23. The van der Waals surface area contributed by atoms with E-state index in [2.05, 4.69) is 6.07 Å². The van der Waals surface area contributed by atoms with Gasteiger partial charge in [-0.15, -0.1) is 0 Å². The number of hydrogen-bond acceptors (Lipinski definition) is 2. The van der Waals surface area contributed by atoms with Gasteiger partial charge in [-0.1, -0.05) is 6.07 Å². The first-order valence-electron chi connectivity index (χ1n) is 4.09. The second-order valence-corrected chi connectivity index (χ2v) is 3.10. The number of aryl methyl sites for hydroxylation is 1. The molecule has 0 atom stereocenters. The maximum Gasteiger partial charge on any atom is 0.161 e. The summed E-state index contributed by atoms with van der Waals surface area (Å²) in [5, 5.41) is 8.87. The van der Waals surface area contributed by atoms with E-state index in [1.54, 1.807) is 6.07 Å². The summed E-state index contributed by atoms with van der Waals surface area (Å²) >= 11 is 0. The summed E-state index contributed by atoms with van der Waals surface area (Å²) in [6, 6.07) is 5.64. The Morgan fingerprint density at radius 1 is 1.38 bits per heavy atom. The van der Waals surface area contributed by atoms with Gasteiger partial charge in [0.1, 0.15) is 6.07 Å². The zero-order valence-electron chi connectivity index (χ0n) is 8.01. The van der Waals surface area contributed by atoms with E-state index in [1.165, 1.54) is 6.92 Å². The zero-order chi connectivity index (χ0) is 10.0. The monoisotopic (exact) mass is 173 g/mol. The quantitative estimate of drug-likeness (QED) is 0.612. The summed E-state index contributed by atoms with van der Waals surface area (Å²) in [5.41, 5.74) is 2.97. The highest BCUT2D eigenvalue weighted by atomic mass is 16.1. The van der Waals surface area contributed by atoms with E-state index in [0.717, 1.165) is 11.1 Å². The smallest absolute Gasteiger partial charge is 0.161 e. The molecule has 0 heterocycles. The first-order chi connectivity index (χ1) is 6.07. The van der Waals surface area contributed by atoms with Crippen LogP contribution in [0.4, 0.5) is 0 Å². The third-order valence-corrected chi connectivity index (χ3v) is 2.23. The van der Waals surface area contributed by atoms with Crippen LogP contribution in [0.5, 0.6) is 0 Å². The largest absolute Gasteiger partial charge is 0.294 e. The van der Waals surface area contributed by atoms with Gasteiger partial charge in [0, 0.05) is 5.56 Å². The van der Waals surface area contributed by atoms with E-state index in [-0.39, 0.29) is 5.78 Å². The number of hydrogen-bond donors (Lipinski definition) is 0. The van der Waals surface area contributed by atoms with E-state index in [1.807, 2.05) is 19.9 Å². The lowest BCUT2D eigenvalue weighted by Gasteiger charge is -2.05. The van der Waals surface area contributed by atoms with Crippen molar-refractivity contribution in [2.24, 2.45) is 0 Å². The van der Waals surface area contributed by atoms with Crippen LogP contribution in [0.25, 0.3) is 0 Å². The minimum absolute atomic E-state index is 0.0559. The fraction of sp³-hybridized carbons (Fsp3) is 0.273. The lowest BCUT2D eigenvalue weighted by Crippen LogP contribution is -2.00. The molecule has 1 rings (SSSR count). The van der Waals surface area contributed by atoms with Gasteiger partial charge in [0.15, 0.2) is 5.78 Å². The number of nitriles is 1. The van der Waals surface area contributed by atoms with Gasteiger partial charge < -0.3 is 0 Å². The molecule has 0 radical (unpaired) electrons. The standard InChI is InChI=1S/C11H11NO/c1-7-4-5-10(9(3)13)11(6-12)8(7)2/h4-5H,1-3H3. The molecule has 0 aliphatic heterocycles. The van der Waals surface area contributed by atoms with E-state index >= 15 is 0 Å². The summed E-state index contributed by atoms with van der Waals surface area (Å²) in [6.07, 6.45) is 0. The van der Waals surface area contributed by atoms with E-state index in [4.69, 9.17) is 5.26 Å². The molecule has 0 fully saturated rings. The van der Waals surface area contributed by atoms with Crippen LogP contribution in [0.2, 0.25) is 0 Å². The van der Waals surface area contributed by atoms with Crippen molar-refractivity contribution in [3.8, 4) is 6.07 Å². The molecule has 0 aliphatic carbocycles. The van der Waals surface area contributed by atoms with Crippen molar-refractivity contribution < 1.29 is 4.79 Å². The molecule has 0 aromatic heterocycles. The Bertz CT molecular complexity index is 399. The molecule has 2 nitrogen and oxygen atoms in total. The van der Waals surface area contributed by atoms with E-state index in [9.17, 15) is 4.79 Å². The van der Waals surface area contributed by atoms with Crippen molar-refractivity contribution in [1.29, 1.82) is 5.26 Å². The molecular weight excluding hydrogens is 162 g/mol. The maximum absolute atomic E-state index is 11.1. The number of carbonyl (C=O) groups excluding carboxylic acids is 1. The van der Waals surface area contributed by atoms with E-state index < -0.39 is 0 Å². The first kappa shape index (κ1) is 9.47. The number of nitrogens with zero attached hydrogens (tertiary/aromatic N) is 1. The fourth-order valence-corrected chi connectivity index (χ4v) is 1.25. The van der Waals surface area contributed by atoms with E-state index in [0.29, 0.717) is 11.1 Å². The Hall–Kier alpha value is -1.62. The highest BCUT2D eigenvalue weighted by molar-refractivity contribution is 5.97. The second kappa shape index (κ2) is 3.40. The predicted octanol–water partition coefficient (Wildman–Crippen LogP) is 2.38. The molecule has 13 heavy (non-hydrogen) atoms. The summed E-state index contributed by atoms with van der Waals surface area (Å²) in [7, 11) is 0. The van der Waals surface area contributed by atoms with Crippen LogP contribution < -0.4 is 0 Å². The summed E-state index contributed by atoms with van der Waals surface area (Å²) < 4.78 is 0. The molecule has 0 bridgehead atoms. The minimum Gasteiger partial charge on any atom is -0.294 e. The van der Waals surface area contributed by atoms with Crippen LogP contribution in [0.3, 0.4) is 0 Å². The molecular formula is C11H11NO. The molecule has 0 saturated carbocycles. The Labute approximate surface area is 77.8 Å². The second-order valence-electron chi connectivity index (χ2n) is 3.10. The van der Waals surface area contributed by atoms with Gasteiger partial charge in [-0.3, -0.25) is 4.79 Å². The van der Waals surface area contributed by atoms with Crippen molar-refractivity contribution in [3.05, 3.63) is 34.4 Å². The van der Waals surface area contributed by atoms with Crippen LogP contribution in [-0.4, -0.2) is 5.78 Å². The van der Waals surface area contributed by atoms with Gasteiger partial charge in [0.2, 0.25) is 0 Å². The predicted molar refractivity (Wildman–Crippen MR) is 50.6 cm³/mol. The number of rotatable bonds is 1. The fourth-order valence-electron chi connectivity index (χ4n) is 1.25. The summed E-state index contributed by atoms with van der Waals surface area (Å²) in [6.45, 7) is 5.27. The SMILES string of the molecule is CC(=O)c1ccc(C)c(C)c1C#N. The molecule has 0 spiro atoms. The van der Waals surface area contributed by atoms with Gasteiger partial charge in [-0.25, -0.2) is 0 Å². The molecule has 1 aromatic rings. The third kappa shape index (κ3) is 1.59. The number of ketones is 1. The van der Waals surface area contributed by atoms with Crippen LogP contribution in [0.15, 0.2) is 12.1 Å². The number of carbonyl (C=O) groups is 1. The molecule has 0 amide bonds. The lowest BCUT2D eigenvalue weighted by molar-refractivity contribution is 0.101. The molecule has 0 saturated heterocycles. The highest BCUT2D eigenvalue weighted by Crippen LogP contribution is 2.17. The van der Waals surface area contributed by atoms with Crippen LogP contribution >= 0.6 is 0 Å². The van der Waals surface area contributed by atoms with Crippen molar-refractivity contribution in [1.82, 2.24) is 0 Å². The van der Waals surface area contributed by atoms with Crippen LogP contribution in [0.1, 0.15) is 34.0 Å². The molecule has 0 N–H and O–H groups in total. The van der Waals surface area contributed by atoms with Crippen molar-refractivity contribution in [2.45, 2.75) is 20.8 Å². The average Bonchev–Trinajstić information content (AvgIpc) is 2.09. The highest BCUT2D eigenvalue weighted by Gasteiger charge is 2.10. The number of benzene rings is 1. The first-order valence-corrected chi connectivity index (χ1v) is 4.09. The molecule has 0 aliphatic rings. The number of Topliss-reactive ketones (excluding diaryl/α,β-unsaturated/α-hetero) is 1. The lowest BCUT2D eigenvalue weighted by atomic mass is 9.97. The summed E-state index contributed by atoms with van der Waals surface area (Å²) in [5.74, 6) is -0.0559. The normalized spacial score (nSPS) is 9.38. The Morgan fingerprint density at radius 2 is 2.00 bits per heavy atom. The Balaban J connectivity index is 3.50. The molecule has 66 valence electrons. The van der Waals surface area contributed by atoms with Crippen molar-refractivity contribution in [2.75, 3.05) is 0 Å². The molecule has 2 heteroatoms. The Morgan fingerprint density at radius 3 is 2.46 bits per heavy atom. The molecule has 1 aromatic carbocycles. The van der Waals surface area contributed by atoms with Gasteiger partial charge in [0.25, 0.3) is 0 Å². The van der Waals surface area contributed by atoms with Crippen LogP contribution in [-0.2, 0) is 0 Å². The maximum atomic E-state index is 11.1. The molecule has 0 unspecified atom stereocenters.